The van der Waals surface area contributed by atoms with E-state index < -0.39 is 17.6 Å². The van der Waals surface area contributed by atoms with Gasteiger partial charge in [0.25, 0.3) is 0 Å². The predicted octanol–water partition coefficient (Wildman–Crippen LogP) is 2.25. The number of amides is 1. The number of methoxy groups -OCH3 is 1. The van der Waals surface area contributed by atoms with Crippen LogP contribution in [0.5, 0.6) is 5.75 Å². The van der Waals surface area contributed by atoms with Gasteiger partial charge in [0.2, 0.25) is 5.91 Å². The van der Waals surface area contributed by atoms with Crippen molar-refractivity contribution in [2.45, 2.75) is 13.5 Å². The Kier molecular flexibility index (Phi) is 4.49. The van der Waals surface area contributed by atoms with E-state index in [4.69, 9.17) is 14.3 Å². The second-order valence-electron chi connectivity index (χ2n) is 5.69. The van der Waals surface area contributed by atoms with Gasteiger partial charge in [0.15, 0.2) is 5.58 Å². The minimum Gasteiger partial charge on any atom is -0.495 e. The molecule has 0 spiro atoms. The number of carbonyl (C=O) groups excluding carboxylic acids is 1. The van der Waals surface area contributed by atoms with Gasteiger partial charge in [-0.15, -0.1) is 0 Å². The molecule has 0 saturated carbocycles. The van der Waals surface area contributed by atoms with Crippen LogP contribution in [0.1, 0.15) is 15.9 Å². The molecule has 1 heterocycles. The molecule has 0 aliphatic carbocycles. The summed E-state index contributed by atoms with van der Waals surface area (Å²) >= 11 is 0. The topological polar surface area (TPSA) is 111 Å². The van der Waals surface area contributed by atoms with Crippen LogP contribution in [0, 0.1) is 6.92 Å². The molecular weight excluding hydrogens is 340 g/mol. The zero-order valence-corrected chi connectivity index (χ0v) is 14.1. The standard InChI is InChI=1S/C18H16N2O6/c1-10-3-6-14(25-2)12(7-10)19-16(21)9-20-13-5-4-11(17(22)23)8-15(13)26-18(20)24/h3-8H,9H2,1-2H3,(H,19,21)(H,22,23). The number of carboxylic acid groups (broad SMARTS) is 1. The SMILES string of the molecule is COc1ccc(C)cc1NC(=O)Cn1c(=O)oc2cc(C(=O)O)ccc21. The van der Waals surface area contributed by atoms with Gasteiger partial charge < -0.3 is 19.6 Å². The maximum Gasteiger partial charge on any atom is 0.420 e. The minimum absolute atomic E-state index is 0.00708. The lowest BCUT2D eigenvalue weighted by atomic mass is 10.2. The van der Waals surface area contributed by atoms with Crippen molar-refractivity contribution in [3.05, 3.63) is 58.1 Å². The van der Waals surface area contributed by atoms with Gasteiger partial charge in [-0.25, -0.2) is 9.59 Å². The zero-order chi connectivity index (χ0) is 18.8. The summed E-state index contributed by atoms with van der Waals surface area (Å²) in [4.78, 5) is 35.4. The summed E-state index contributed by atoms with van der Waals surface area (Å²) in [5.74, 6) is -1.82. The Morgan fingerprint density at radius 3 is 2.69 bits per heavy atom. The number of aryl methyl sites for hydroxylation is 1. The number of ether oxygens (including phenoxy) is 1. The molecule has 8 nitrogen and oxygen atoms in total. The van der Waals surface area contributed by atoms with Crippen LogP contribution in [0.25, 0.3) is 11.1 Å². The minimum atomic E-state index is -1.13. The molecule has 1 aromatic heterocycles. The number of anilines is 1. The Bertz CT molecular complexity index is 1060. The number of aromatic carboxylic acids is 1. The van der Waals surface area contributed by atoms with E-state index in [9.17, 15) is 14.4 Å². The van der Waals surface area contributed by atoms with Crippen LogP contribution in [0.4, 0.5) is 5.69 Å². The van der Waals surface area contributed by atoms with E-state index in [-0.39, 0.29) is 17.7 Å². The van der Waals surface area contributed by atoms with Crippen molar-refractivity contribution in [3.8, 4) is 5.75 Å². The number of benzene rings is 2. The monoisotopic (exact) mass is 356 g/mol. The number of carboxylic acids is 1. The van der Waals surface area contributed by atoms with Crippen molar-refractivity contribution >= 4 is 28.7 Å². The number of carbonyl (C=O) groups is 2. The highest BCUT2D eigenvalue weighted by atomic mass is 16.5. The number of fused-ring (bicyclic) bond motifs is 1. The third-order valence-electron chi connectivity index (χ3n) is 3.85. The Balaban J connectivity index is 1.88. The lowest BCUT2D eigenvalue weighted by molar-refractivity contribution is -0.116. The molecule has 0 radical (unpaired) electrons. The fourth-order valence-corrected chi connectivity index (χ4v) is 2.60. The lowest BCUT2D eigenvalue weighted by Crippen LogP contribution is -2.25. The van der Waals surface area contributed by atoms with Gasteiger partial charge in [0.05, 0.1) is 23.9 Å². The maximum atomic E-state index is 12.4. The molecule has 1 amide bonds. The fraction of sp³-hybridized carbons (Fsp3) is 0.167. The number of nitrogens with zero attached hydrogens (tertiary/aromatic N) is 1. The molecule has 0 unspecified atom stereocenters. The van der Waals surface area contributed by atoms with Crippen molar-refractivity contribution in [3.63, 3.8) is 0 Å². The second-order valence-corrected chi connectivity index (χ2v) is 5.69. The summed E-state index contributed by atoms with van der Waals surface area (Å²) < 4.78 is 11.4. The summed E-state index contributed by atoms with van der Waals surface area (Å²) in [6.07, 6.45) is 0. The summed E-state index contributed by atoms with van der Waals surface area (Å²) in [6.45, 7) is 1.60. The highest BCUT2D eigenvalue weighted by Crippen LogP contribution is 2.25. The average molecular weight is 356 g/mol. The first kappa shape index (κ1) is 17.3. The molecule has 3 aromatic rings. The Morgan fingerprint density at radius 2 is 2.00 bits per heavy atom. The highest BCUT2D eigenvalue weighted by molar-refractivity contribution is 5.94. The Morgan fingerprint density at radius 1 is 1.23 bits per heavy atom. The van der Waals surface area contributed by atoms with E-state index in [1.54, 1.807) is 12.1 Å². The van der Waals surface area contributed by atoms with Crippen LogP contribution in [0.3, 0.4) is 0 Å². The van der Waals surface area contributed by atoms with Crippen LogP contribution in [0.2, 0.25) is 0 Å². The third kappa shape index (κ3) is 3.30. The van der Waals surface area contributed by atoms with Gasteiger partial charge in [-0.3, -0.25) is 9.36 Å². The Labute approximate surface area is 147 Å². The van der Waals surface area contributed by atoms with E-state index in [2.05, 4.69) is 5.32 Å². The molecule has 134 valence electrons. The van der Waals surface area contributed by atoms with Crippen LogP contribution in [0.15, 0.2) is 45.6 Å². The Hall–Kier alpha value is -3.55. The van der Waals surface area contributed by atoms with E-state index in [1.165, 1.54) is 25.3 Å². The number of oxazole rings is 1. The van der Waals surface area contributed by atoms with Crippen molar-refractivity contribution in [2.24, 2.45) is 0 Å². The first-order valence-corrected chi connectivity index (χ1v) is 7.70. The summed E-state index contributed by atoms with van der Waals surface area (Å²) in [6, 6.07) is 9.37. The largest absolute Gasteiger partial charge is 0.495 e. The number of hydrogen-bond donors (Lipinski definition) is 2. The molecule has 0 fully saturated rings. The van der Waals surface area contributed by atoms with E-state index in [0.717, 1.165) is 10.1 Å². The number of aromatic nitrogens is 1. The number of nitrogens with one attached hydrogen (secondary N) is 1. The fourth-order valence-electron chi connectivity index (χ4n) is 2.60. The molecule has 0 aliphatic heterocycles. The van der Waals surface area contributed by atoms with Gasteiger partial charge >= 0.3 is 11.7 Å². The van der Waals surface area contributed by atoms with Crippen LogP contribution in [-0.4, -0.2) is 28.7 Å². The van der Waals surface area contributed by atoms with Crippen LogP contribution < -0.4 is 15.8 Å². The summed E-state index contributed by atoms with van der Waals surface area (Å²) in [5.41, 5.74) is 1.87. The van der Waals surface area contributed by atoms with Crippen LogP contribution in [-0.2, 0) is 11.3 Å². The number of rotatable bonds is 5. The second kappa shape index (κ2) is 6.75. The molecule has 3 rings (SSSR count). The van der Waals surface area contributed by atoms with Gasteiger partial charge in [-0.2, -0.15) is 0 Å². The van der Waals surface area contributed by atoms with Crippen molar-refractivity contribution < 1.29 is 23.8 Å². The van der Waals surface area contributed by atoms with E-state index >= 15 is 0 Å². The predicted molar refractivity (Wildman–Crippen MR) is 93.8 cm³/mol. The van der Waals surface area contributed by atoms with Crippen molar-refractivity contribution in [1.29, 1.82) is 0 Å². The molecule has 0 saturated heterocycles. The smallest absolute Gasteiger partial charge is 0.420 e. The molecule has 26 heavy (non-hydrogen) atoms. The highest BCUT2D eigenvalue weighted by Gasteiger charge is 2.16. The van der Waals surface area contributed by atoms with Gasteiger partial charge in [-0.1, -0.05) is 6.07 Å². The first-order valence-electron chi connectivity index (χ1n) is 7.70. The normalized spacial score (nSPS) is 10.7. The van der Waals surface area contributed by atoms with E-state index in [0.29, 0.717) is 17.0 Å². The lowest BCUT2D eigenvalue weighted by Gasteiger charge is -2.11. The molecule has 2 N–H and O–H groups in total. The van der Waals surface area contributed by atoms with E-state index in [1.807, 2.05) is 13.0 Å². The van der Waals surface area contributed by atoms with Crippen molar-refractivity contribution in [2.75, 3.05) is 12.4 Å². The van der Waals surface area contributed by atoms with Gasteiger partial charge in [0, 0.05) is 0 Å². The summed E-state index contributed by atoms with van der Waals surface area (Å²) in [5, 5.41) is 11.7. The number of hydrogen-bond acceptors (Lipinski definition) is 5. The van der Waals surface area contributed by atoms with Crippen LogP contribution >= 0.6 is 0 Å². The average Bonchev–Trinajstić information content (AvgIpc) is 2.90. The quantitative estimate of drug-likeness (QED) is 0.725. The third-order valence-corrected chi connectivity index (χ3v) is 3.85. The van der Waals surface area contributed by atoms with Crippen molar-refractivity contribution in [1.82, 2.24) is 4.57 Å². The molecule has 0 aliphatic rings. The molecule has 2 aromatic carbocycles. The first-order chi connectivity index (χ1) is 12.4. The van der Waals surface area contributed by atoms with Gasteiger partial charge in [0.1, 0.15) is 12.3 Å². The molecule has 8 heteroatoms. The summed E-state index contributed by atoms with van der Waals surface area (Å²) in [7, 11) is 1.49. The molecule has 0 atom stereocenters. The zero-order valence-electron chi connectivity index (χ0n) is 14.1. The maximum absolute atomic E-state index is 12.4. The molecule has 0 bridgehead atoms. The van der Waals surface area contributed by atoms with Gasteiger partial charge in [-0.05, 0) is 42.8 Å². The molecular formula is C18H16N2O6.